The molecular formula is C21H20ClN3O3. The van der Waals surface area contributed by atoms with E-state index in [0.717, 1.165) is 5.56 Å². The molecule has 0 aliphatic heterocycles. The molecule has 0 spiro atoms. The Morgan fingerprint density at radius 3 is 2.36 bits per heavy atom. The fourth-order valence-electron chi connectivity index (χ4n) is 2.99. The monoisotopic (exact) mass is 397 g/mol. The molecule has 2 unspecified atom stereocenters. The number of nitrogens with zero attached hydrogens (tertiary/aromatic N) is 1. The molecule has 0 radical (unpaired) electrons. The van der Waals surface area contributed by atoms with Crippen LogP contribution in [0.3, 0.4) is 0 Å². The number of carbonyl (C=O) groups excluding carboxylic acids is 2. The van der Waals surface area contributed by atoms with Gasteiger partial charge in [-0.05, 0) is 49.7 Å². The number of nitrogens with one attached hydrogen (secondary N) is 1. The second-order valence-electron chi connectivity index (χ2n) is 6.64. The second kappa shape index (κ2) is 7.86. The summed E-state index contributed by atoms with van der Waals surface area (Å²) in [6.07, 6.45) is 1.51. The minimum atomic E-state index is -0.764. The molecule has 0 saturated heterocycles. The van der Waals surface area contributed by atoms with Crippen LogP contribution < -0.4 is 16.6 Å². The van der Waals surface area contributed by atoms with Crippen LogP contribution >= 0.6 is 11.6 Å². The predicted octanol–water partition coefficient (Wildman–Crippen LogP) is 3.44. The normalized spacial score (nSPS) is 13.1. The van der Waals surface area contributed by atoms with Crippen molar-refractivity contribution in [3.8, 4) is 0 Å². The number of anilines is 1. The molecule has 2 amide bonds. The van der Waals surface area contributed by atoms with Crippen LogP contribution in [0, 0.1) is 0 Å². The Morgan fingerprint density at radius 1 is 1.04 bits per heavy atom. The highest BCUT2D eigenvalue weighted by Crippen LogP contribution is 2.24. The van der Waals surface area contributed by atoms with Crippen LogP contribution in [0.2, 0.25) is 5.02 Å². The minimum Gasteiger partial charge on any atom is -0.368 e. The van der Waals surface area contributed by atoms with E-state index >= 15 is 0 Å². The van der Waals surface area contributed by atoms with Gasteiger partial charge in [0.1, 0.15) is 6.04 Å². The highest BCUT2D eigenvalue weighted by molar-refractivity contribution is 6.30. The molecule has 2 aromatic carbocycles. The zero-order valence-corrected chi connectivity index (χ0v) is 16.2. The van der Waals surface area contributed by atoms with E-state index in [4.69, 9.17) is 17.3 Å². The van der Waals surface area contributed by atoms with E-state index < -0.39 is 17.9 Å². The number of fused-ring (bicyclic) bond motifs is 1. The summed E-state index contributed by atoms with van der Waals surface area (Å²) >= 11 is 5.90. The quantitative estimate of drug-likeness (QED) is 0.690. The molecule has 7 heteroatoms. The van der Waals surface area contributed by atoms with Crippen molar-refractivity contribution < 1.29 is 9.59 Å². The molecule has 1 aromatic heterocycles. The van der Waals surface area contributed by atoms with Crippen LogP contribution in [-0.2, 0) is 9.59 Å². The second-order valence-corrected chi connectivity index (χ2v) is 7.07. The van der Waals surface area contributed by atoms with Gasteiger partial charge in [-0.25, -0.2) is 0 Å². The van der Waals surface area contributed by atoms with E-state index in [2.05, 4.69) is 5.32 Å². The summed E-state index contributed by atoms with van der Waals surface area (Å²) in [5.41, 5.74) is 6.33. The number of hydrogen-bond acceptors (Lipinski definition) is 3. The number of amides is 2. The smallest absolute Gasteiger partial charge is 0.259 e. The molecule has 0 bridgehead atoms. The van der Waals surface area contributed by atoms with Crippen molar-refractivity contribution in [1.82, 2.24) is 4.57 Å². The van der Waals surface area contributed by atoms with E-state index in [1.54, 1.807) is 62.4 Å². The number of pyridine rings is 1. The summed E-state index contributed by atoms with van der Waals surface area (Å²) in [7, 11) is 0. The van der Waals surface area contributed by atoms with E-state index in [0.29, 0.717) is 21.5 Å². The van der Waals surface area contributed by atoms with E-state index in [9.17, 15) is 14.4 Å². The van der Waals surface area contributed by atoms with Crippen LogP contribution in [0.1, 0.15) is 31.4 Å². The number of halogens is 1. The topological polar surface area (TPSA) is 94.2 Å². The molecule has 144 valence electrons. The average molecular weight is 398 g/mol. The molecule has 28 heavy (non-hydrogen) atoms. The van der Waals surface area contributed by atoms with Gasteiger partial charge in [0.2, 0.25) is 11.8 Å². The Balaban J connectivity index is 1.94. The molecule has 2 atom stereocenters. The summed E-state index contributed by atoms with van der Waals surface area (Å²) in [5, 5.41) is 4.48. The van der Waals surface area contributed by atoms with Gasteiger partial charge in [0.05, 0.1) is 5.92 Å². The van der Waals surface area contributed by atoms with Gasteiger partial charge in [0.15, 0.2) is 0 Å². The van der Waals surface area contributed by atoms with Crippen LogP contribution in [-0.4, -0.2) is 16.4 Å². The molecule has 0 saturated carbocycles. The predicted molar refractivity (Wildman–Crippen MR) is 111 cm³/mol. The highest BCUT2D eigenvalue weighted by atomic mass is 35.5. The Labute approximate surface area is 166 Å². The number of rotatable bonds is 5. The fourth-order valence-corrected chi connectivity index (χ4v) is 3.11. The third-order valence-electron chi connectivity index (χ3n) is 4.82. The molecule has 1 heterocycles. The zero-order chi connectivity index (χ0) is 20.4. The number of primary amides is 1. The lowest BCUT2D eigenvalue weighted by atomic mass is 10.00. The molecule has 0 aliphatic carbocycles. The van der Waals surface area contributed by atoms with Crippen LogP contribution in [0.4, 0.5) is 5.69 Å². The average Bonchev–Trinajstić information content (AvgIpc) is 2.68. The standard InChI is InChI=1S/C21H20ClN3O3/c1-12(14-6-8-15(22)9-7-14)20(27)24-18-5-3-4-17-16(18)10-11-25(21(17)28)13(2)19(23)26/h3-13H,1-2H3,(H2,23,26)(H,24,27). The summed E-state index contributed by atoms with van der Waals surface area (Å²) in [5.74, 6) is -1.20. The first-order valence-electron chi connectivity index (χ1n) is 8.79. The van der Waals surface area contributed by atoms with E-state index in [1.165, 1.54) is 10.8 Å². The molecule has 6 nitrogen and oxygen atoms in total. The maximum atomic E-state index is 12.7. The third kappa shape index (κ3) is 3.77. The Morgan fingerprint density at radius 2 is 1.71 bits per heavy atom. The maximum absolute atomic E-state index is 12.7. The van der Waals surface area contributed by atoms with Crippen molar-refractivity contribution in [2.24, 2.45) is 5.73 Å². The van der Waals surface area contributed by atoms with Crippen molar-refractivity contribution >= 4 is 39.9 Å². The highest BCUT2D eigenvalue weighted by Gasteiger charge is 2.18. The molecule has 3 aromatic rings. The molecule has 3 rings (SSSR count). The van der Waals surface area contributed by atoms with Gasteiger partial charge in [-0.15, -0.1) is 0 Å². The minimum absolute atomic E-state index is 0.204. The van der Waals surface area contributed by atoms with Crippen molar-refractivity contribution in [1.29, 1.82) is 0 Å². The number of aromatic nitrogens is 1. The summed E-state index contributed by atoms with van der Waals surface area (Å²) in [6.45, 7) is 3.36. The SMILES string of the molecule is CC(C(=O)Nc1cccc2c(=O)n(C(C)C(N)=O)ccc12)c1ccc(Cl)cc1. The Hall–Kier alpha value is -3.12. The van der Waals surface area contributed by atoms with Gasteiger partial charge < -0.3 is 15.6 Å². The Bertz CT molecular complexity index is 1110. The molecular weight excluding hydrogens is 378 g/mol. The number of benzene rings is 2. The van der Waals surface area contributed by atoms with E-state index in [-0.39, 0.29) is 11.5 Å². The zero-order valence-electron chi connectivity index (χ0n) is 15.5. The first kappa shape index (κ1) is 19.6. The van der Waals surface area contributed by atoms with Crippen molar-refractivity contribution in [3.05, 3.63) is 75.7 Å². The summed E-state index contributed by atoms with van der Waals surface area (Å²) in [4.78, 5) is 36.9. The fraction of sp³-hybridized carbons (Fsp3) is 0.190. The van der Waals surface area contributed by atoms with E-state index in [1.807, 2.05) is 0 Å². The van der Waals surface area contributed by atoms with Gasteiger partial charge in [-0.3, -0.25) is 14.4 Å². The molecule has 0 aliphatic rings. The summed E-state index contributed by atoms with van der Waals surface area (Å²) < 4.78 is 1.28. The molecule has 3 N–H and O–H groups in total. The maximum Gasteiger partial charge on any atom is 0.259 e. The van der Waals surface area contributed by atoms with Gasteiger partial charge in [-0.1, -0.05) is 29.8 Å². The van der Waals surface area contributed by atoms with Crippen molar-refractivity contribution in [2.75, 3.05) is 5.32 Å². The summed E-state index contributed by atoms with van der Waals surface area (Å²) in [6, 6.07) is 13.1. The first-order chi connectivity index (χ1) is 13.3. The largest absolute Gasteiger partial charge is 0.368 e. The van der Waals surface area contributed by atoms with Crippen LogP contribution in [0.25, 0.3) is 10.8 Å². The molecule has 0 fully saturated rings. The first-order valence-corrected chi connectivity index (χ1v) is 9.17. The van der Waals surface area contributed by atoms with Gasteiger partial charge in [-0.2, -0.15) is 0 Å². The van der Waals surface area contributed by atoms with Gasteiger partial charge in [0.25, 0.3) is 5.56 Å². The lowest BCUT2D eigenvalue weighted by Gasteiger charge is -2.16. The Kier molecular flexibility index (Phi) is 5.51. The van der Waals surface area contributed by atoms with Gasteiger partial charge in [0, 0.05) is 27.7 Å². The van der Waals surface area contributed by atoms with Crippen LogP contribution in [0.15, 0.2) is 59.5 Å². The van der Waals surface area contributed by atoms with Crippen LogP contribution in [0.5, 0.6) is 0 Å². The lowest BCUT2D eigenvalue weighted by molar-refractivity contribution is -0.120. The van der Waals surface area contributed by atoms with Crippen molar-refractivity contribution in [2.45, 2.75) is 25.8 Å². The number of hydrogen-bond donors (Lipinski definition) is 2. The van der Waals surface area contributed by atoms with Crippen molar-refractivity contribution in [3.63, 3.8) is 0 Å². The number of nitrogens with two attached hydrogens (primary N) is 1. The van der Waals surface area contributed by atoms with Gasteiger partial charge >= 0.3 is 0 Å². The number of carbonyl (C=O) groups is 2. The lowest BCUT2D eigenvalue weighted by Crippen LogP contribution is -2.31. The third-order valence-corrected chi connectivity index (χ3v) is 5.07.